The van der Waals surface area contributed by atoms with Crippen molar-refractivity contribution in [2.75, 3.05) is 10.6 Å². The molecule has 0 bridgehead atoms. The van der Waals surface area contributed by atoms with Crippen LogP contribution in [-0.4, -0.2) is 15.9 Å². The molecular formula is C18H15ClN4O. The van der Waals surface area contributed by atoms with E-state index in [-0.39, 0.29) is 5.91 Å². The highest BCUT2D eigenvalue weighted by atomic mass is 35.5. The van der Waals surface area contributed by atoms with Crippen LogP contribution in [0.2, 0.25) is 5.02 Å². The summed E-state index contributed by atoms with van der Waals surface area (Å²) in [6, 6.07) is 14.8. The minimum Gasteiger partial charge on any atom is -0.324 e. The number of aromatic nitrogens is 2. The van der Waals surface area contributed by atoms with E-state index in [2.05, 4.69) is 20.6 Å². The van der Waals surface area contributed by atoms with Gasteiger partial charge in [0.2, 0.25) is 5.95 Å². The zero-order valence-corrected chi connectivity index (χ0v) is 13.7. The van der Waals surface area contributed by atoms with Gasteiger partial charge in [-0.3, -0.25) is 4.79 Å². The van der Waals surface area contributed by atoms with Crippen LogP contribution in [0.25, 0.3) is 0 Å². The van der Waals surface area contributed by atoms with Gasteiger partial charge in [-0.05, 0) is 42.8 Å². The summed E-state index contributed by atoms with van der Waals surface area (Å²) in [4.78, 5) is 20.5. The van der Waals surface area contributed by atoms with Crippen LogP contribution < -0.4 is 10.6 Å². The maximum atomic E-state index is 12.2. The number of halogens is 1. The largest absolute Gasteiger partial charge is 0.324 e. The number of benzene rings is 2. The van der Waals surface area contributed by atoms with Crippen molar-refractivity contribution in [1.82, 2.24) is 9.97 Å². The Balaban J connectivity index is 1.68. The summed E-state index contributed by atoms with van der Waals surface area (Å²) in [7, 11) is 0. The summed E-state index contributed by atoms with van der Waals surface area (Å²) < 4.78 is 0. The lowest BCUT2D eigenvalue weighted by atomic mass is 10.2. The van der Waals surface area contributed by atoms with E-state index < -0.39 is 0 Å². The molecule has 0 radical (unpaired) electrons. The van der Waals surface area contributed by atoms with Crippen molar-refractivity contribution in [1.29, 1.82) is 0 Å². The van der Waals surface area contributed by atoms with Crippen molar-refractivity contribution >= 4 is 34.8 Å². The van der Waals surface area contributed by atoms with E-state index in [1.165, 1.54) is 12.4 Å². The maximum Gasteiger partial charge on any atom is 0.258 e. The molecule has 1 aromatic heterocycles. The number of amides is 1. The predicted molar refractivity (Wildman–Crippen MR) is 95.9 cm³/mol. The number of rotatable bonds is 4. The molecule has 0 aliphatic rings. The number of carbonyl (C=O) groups is 1. The molecule has 6 heteroatoms. The van der Waals surface area contributed by atoms with Gasteiger partial charge in [0.1, 0.15) is 0 Å². The van der Waals surface area contributed by atoms with Gasteiger partial charge in [-0.2, -0.15) is 0 Å². The highest BCUT2D eigenvalue weighted by molar-refractivity contribution is 6.30. The Bertz CT molecular complexity index is 865. The number of nitrogens with zero attached hydrogens (tertiary/aromatic N) is 2. The molecule has 0 aliphatic carbocycles. The van der Waals surface area contributed by atoms with Crippen LogP contribution in [0.1, 0.15) is 15.9 Å². The number of nitrogens with one attached hydrogen (secondary N) is 2. The molecule has 3 aromatic rings. The van der Waals surface area contributed by atoms with Crippen LogP contribution in [-0.2, 0) is 0 Å². The zero-order chi connectivity index (χ0) is 16.9. The number of aryl methyl sites for hydroxylation is 1. The molecule has 0 aliphatic heterocycles. The van der Waals surface area contributed by atoms with Crippen LogP contribution in [0.5, 0.6) is 0 Å². The lowest BCUT2D eigenvalue weighted by Gasteiger charge is -2.07. The lowest BCUT2D eigenvalue weighted by molar-refractivity contribution is 0.102. The van der Waals surface area contributed by atoms with Gasteiger partial charge < -0.3 is 10.6 Å². The Labute approximate surface area is 144 Å². The summed E-state index contributed by atoms with van der Waals surface area (Å²) in [5.74, 6) is 0.138. The highest BCUT2D eigenvalue weighted by Gasteiger charge is 2.08. The van der Waals surface area contributed by atoms with Gasteiger partial charge in [0, 0.05) is 28.8 Å². The van der Waals surface area contributed by atoms with Crippen LogP contribution in [0.3, 0.4) is 0 Å². The second-order valence-corrected chi connectivity index (χ2v) is 5.69. The molecule has 3 rings (SSSR count). The molecule has 5 nitrogen and oxygen atoms in total. The molecule has 1 heterocycles. The molecule has 1 amide bonds. The van der Waals surface area contributed by atoms with Crippen molar-refractivity contribution in [3.63, 3.8) is 0 Å². The first-order chi connectivity index (χ1) is 11.6. The smallest absolute Gasteiger partial charge is 0.258 e. The molecular weight excluding hydrogens is 324 g/mol. The van der Waals surface area contributed by atoms with Gasteiger partial charge >= 0.3 is 0 Å². The first-order valence-corrected chi connectivity index (χ1v) is 7.70. The molecule has 2 N–H and O–H groups in total. The fourth-order valence-corrected chi connectivity index (χ4v) is 2.32. The third-order valence-corrected chi connectivity index (χ3v) is 3.51. The molecule has 120 valence electrons. The fraction of sp³-hybridized carbons (Fsp3) is 0.0556. The second-order valence-electron chi connectivity index (χ2n) is 5.25. The number of hydrogen-bond acceptors (Lipinski definition) is 4. The van der Waals surface area contributed by atoms with Gasteiger partial charge in [0.15, 0.2) is 0 Å². The number of hydrogen-bond donors (Lipinski definition) is 2. The van der Waals surface area contributed by atoms with Crippen molar-refractivity contribution in [2.24, 2.45) is 0 Å². The van der Waals surface area contributed by atoms with Gasteiger partial charge in [-0.1, -0.05) is 29.8 Å². The molecule has 0 saturated carbocycles. The van der Waals surface area contributed by atoms with Crippen LogP contribution in [0, 0.1) is 6.92 Å². The van der Waals surface area contributed by atoms with E-state index in [9.17, 15) is 4.79 Å². The zero-order valence-electron chi connectivity index (χ0n) is 13.0. The Morgan fingerprint density at radius 1 is 1.00 bits per heavy atom. The molecule has 0 fully saturated rings. The third-order valence-electron chi connectivity index (χ3n) is 3.27. The van der Waals surface area contributed by atoms with Crippen molar-refractivity contribution in [3.05, 3.63) is 77.1 Å². The molecule has 0 atom stereocenters. The third kappa shape index (κ3) is 4.08. The first kappa shape index (κ1) is 16.0. The van der Waals surface area contributed by atoms with E-state index in [0.717, 1.165) is 11.3 Å². The minimum atomic E-state index is -0.292. The Morgan fingerprint density at radius 2 is 1.71 bits per heavy atom. The summed E-state index contributed by atoms with van der Waals surface area (Å²) in [6.45, 7) is 2.01. The topological polar surface area (TPSA) is 66.9 Å². The van der Waals surface area contributed by atoms with Crippen LogP contribution >= 0.6 is 11.6 Å². The average molecular weight is 339 g/mol. The normalized spacial score (nSPS) is 10.2. The van der Waals surface area contributed by atoms with Crippen molar-refractivity contribution in [3.8, 4) is 0 Å². The SMILES string of the molecule is Cc1cccc(Nc2ncc(C(=O)Nc3cccc(Cl)c3)cn2)c1. The Kier molecular flexibility index (Phi) is 4.72. The van der Waals surface area contributed by atoms with E-state index in [1.807, 2.05) is 31.2 Å². The second kappa shape index (κ2) is 7.10. The highest BCUT2D eigenvalue weighted by Crippen LogP contribution is 2.17. The molecule has 0 spiro atoms. The molecule has 2 aromatic carbocycles. The predicted octanol–water partition coefficient (Wildman–Crippen LogP) is 4.43. The maximum absolute atomic E-state index is 12.2. The molecule has 0 saturated heterocycles. The van der Waals surface area contributed by atoms with Crippen molar-refractivity contribution in [2.45, 2.75) is 6.92 Å². The monoisotopic (exact) mass is 338 g/mol. The van der Waals surface area contributed by atoms with E-state index in [0.29, 0.717) is 22.2 Å². The van der Waals surface area contributed by atoms with Crippen LogP contribution in [0.15, 0.2) is 60.9 Å². The van der Waals surface area contributed by atoms with Gasteiger partial charge in [-0.25, -0.2) is 9.97 Å². The minimum absolute atomic E-state index is 0.292. The first-order valence-electron chi connectivity index (χ1n) is 7.33. The summed E-state index contributed by atoms with van der Waals surface area (Å²) in [5, 5.41) is 6.41. The van der Waals surface area contributed by atoms with E-state index >= 15 is 0 Å². The van der Waals surface area contributed by atoms with Crippen LogP contribution in [0.4, 0.5) is 17.3 Å². The Hall–Kier alpha value is -2.92. The lowest BCUT2D eigenvalue weighted by Crippen LogP contribution is -2.13. The van der Waals surface area contributed by atoms with E-state index in [4.69, 9.17) is 11.6 Å². The average Bonchev–Trinajstić information content (AvgIpc) is 2.55. The Morgan fingerprint density at radius 3 is 2.42 bits per heavy atom. The molecule has 24 heavy (non-hydrogen) atoms. The van der Waals surface area contributed by atoms with Gasteiger partial charge in [0.05, 0.1) is 5.56 Å². The quantitative estimate of drug-likeness (QED) is 0.738. The summed E-state index contributed by atoms with van der Waals surface area (Å²) in [5.41, 5.74) is 3.02. The fourth-order valence-electron chi connectivity index (χ4n) is 2.13. The summed E-state index contributed by atoms with van der Waals surface area (Å²) >= 11 is 5.90. The van der Waals surface area contributed by atoms with Crippen molar-refractivity contribution < 1.29 is 4.79 Å². The number of anilines is 3. The standard InChI is InChI=1S/C18H15ClN4O/c1-12-4-2-6-15(8-12)23-18-20-10-13(11-21-18)17(24)22-16-7-3-5-14(19)9-16/h2-11H,1H3,(H,22,24)(H,20,21,23). The van der Waals surface area contributed by atoms with Gasteiger partial charge in [-0.15, -0.1) is 0 Å². The molecule has 0 unspecified atom stereocenters. The van der Waals surface area contributed by atoms with E-state index in [1.54, 1.807) is 24.3 Å². The van der Waals surface area contributed by atoms with Gasteiger partial charge in [0.25, 0.3) is 5.91 Å². The summed E-state index contributed by atoms with van der Waals surface area (Å²) in [6.07, 6.45) is 2.95. The number of carbonyl (C=O) groups excluding carboxylic acids is 1.